The molecule has 2 bridgehead atoms. The Morgan fingerprint density at radius 1 is 1.60 bits per heavy atom. The summed E-state index contributed by atoms with van der Waals surface area (Å²) >= 11 is 0. The van der Waals surface area contributed by atoms with Crippen LogP contribution in [0.25, 0.3) is 0 Å². The van der Waals surface area contributed by atoms with Crippen molar-refractivity contribution in [2.24, 2.45) is 11.8 Å². The summed E-state index contributed by atoms with van der Waals surface area (Å²) in [7, 11) is 0. The van der Waals surface area contributed by atoms with Crippen molar-refractivity contribution in [3.63, 3.8) is 0 Å². The van der Waals surface area contributed by atoms with E-state index in [1.807, 2.05) is 6.92 Å². The first-order valence-corrected chi connectivity index (χ1v) is 5.70. The van der Waals surface area contributed by atoms with Crippen molar-refractivity contribution >= 4 is 5.97 Å². The smallest absolute Gasteiger partial charge is 0.311 e. The Morgan fingerprint density at radius 2 is 2.40 bits per heavy atom. The molecule has 15 heavy (non-hydrogen) atoms. The Morgan fingerprint density at radius 3 is 2.93 bits per heavy atom. The predicted octanol–water partition coefficient (Wildman–Crippen LogP) is 2.27. The topological polar surface area (TPSA) is 35.5 Å². The molecule has 3 unspecified atom stereocenters. The van der Waals surface area contributed by atoms with Gasteiger partial charge in [-0.1, -0.05) is 11.6 Å². The third kappa shape index (κ3) is 2.23. The van der Waals surface area contributed by atoms with Gasteiger partial charge in [-0.05, 0) is 39.0 Å². The molecule has 2 rings (SSSR count). The summed E-state index contributed by atoms with van der Waals surface area (Å²) < 4.78 is 10.4. The van der Waals surface area contributed by atoms with Crippen molar-refractivity contribution in [3.05, 3.63) is 11.6 Å². The zero-order chi connectivity index (χ0) is 10.8. The molecule has 3 atom stereocenters. The molecule has 0 aliphatic heterocycles. The van der Waals surface area contributed by atoms with E-state index in [1.54, 1.807) is 6.92 Å². The zero-order valence-corrected chi connectivity index (χ0v) is 9.36. The maximum Gasteiger partial charge on any atom is 0.311 e. The average molecular weight is 210 g/mol. The first-order chi connectivity index (χ1) is 7.20. The minimum Gasteiger partial charge on any atom is -0.436 e. The van der Waals surface area contributed by atoms with Gasteiger partial charge in [-0.2, -0.15) is 0 Å². The quantitative estimate of drug-likeness (QED) is 0.405. The van der Waals surface area contributed by atoms with E-state index in [-0.39, 0.29) is 11.9 Å². The van der Waals surface area contributed by atoms with Crippen LogP contribution >= 0.6 is 0 Å². The second-order valence-electron chi connectivity index (χ2n) is 4.33. The van der Waals surface area contributed by atoms with Crippen molar-refractivity contribution in [2.75, 3.05) is 6.61 Å². The first kappa shape index (κ1) is 10.7. The number of hydrogen-bond donors (Lipinski definition) is 0. The summed E-state index contributed by atoms with van der Waals surface area (Å²) in [6.07, 6.45) is 4.92. The SMILES string of the molecule is CCOC(C)OC(=O)C1CC2=CCC1C2. The number of allylic oxidation sites excluding steroid dienone is 2. The molecule has 2 aliphatic carbocycles. The van der Waals surface area contributed by atoms with Gasteiger partial charge in [0.1, 0.15) is 0 Å². The van der Waals surface area contributed by atoms with Crippen LogP contribution in [0.4, 0.5) is 0 Å². The summed E-state index contributed by atoms with van der Waals surface area (Å²) in [5.74, 6) is 0.512. The molecule has 0 N–H and O–H groups in total. The molecule has 0 spiro atoms. The van der Waals surface area contributed by atoms with E-state index in [0.717, 1.165) is 19.3 Å². The highest BCUT2D eigenvalue weighted by Crippen LogP contribution is 2.44. The van der Waals surface area contributed by atoms with E-state index in [0.29, 0.717) is 12.5 Å². The molecule has 1 fully saturated rings. The van der Waals surface area contributed by atoms with Crippen LogP contribution < -0.4 is 0 Å². The van der Waals surface area contributed by atoms with Crippen molar-refractivity contribution in [3.8, 4) is 0 Å². The highest BCUT2D eigenvalue weighted by Gasteiger charge is 2.39. The van der Waals surface area contributed by atoms with E-state index in [2.05, 4.69) is 6.08 Å². The number of fused-ring (bicyclic) bond motifs is 2. The van der Waals surface area contributed by atoms with Gasteiger partial charge < -0.3 is 9.47 Å². The lowest BCUT2D eigenvalue weighted by atomic mass is 9.92. The molecule has 0 heterocycles. The van der Waals surface area contributed by atoms with Crippen molar-refractivity contribution in [2.45, 2.75) is 39.4 Å². The fraction of sp³-hybridized carbons (Fsp3) is 0.750. The summed E-state index contributed by atoms with van der Waals surface area (Å²) in [6.45, 7) is 4.24. The summed E-state index contributed by atoms with van der Waals surface area (Å²) in [5.41, 5.74) is 1.44. The zero-order valence-electron chi connectivity index (χ0n) is 9.36. The highest BCUT2D eigenvalue weighted by atomic mass is 16.7. The molecule has 0 radical (unpaired) electrons. The van der Waals surface area contributed by atoms with Crippen LogP contribution in [0.2, 0.25) is 0 Å². The second kappa shape index (κ2) is 4.35. The Labute approximate surface area is 90.4 Å². The Kier molecular flexibility index (Phi) is 3.10. The van der Waals surface area contributed by atoms with Gasteiger partial charge in [-0.3, -0.25) is 4.79 Å². The first-order valence-electron chi connectivity index (χ1n) is 5.70. The number of ether oxygens (including phenoxy) is 2. The molecule has 0 aromatic carbocycles. The third-order valence-corrected chi connectivity index (χ3v) is 3.27. The van der Waals surface area contributed by atoms with E-state index >= 15 is 0 Å². The summed E-state index contributed by atoms with van der Waals surface area (Å²) in [5, 5.41) is 0. The fourth-order valence-electron chi connectivity index (χ4n) is 2.54. The van der Waals surface area contributed by atoms with Gasteiger partial charge in [0.25, 0.3) is 0 Å². The monoisotopic (exact) mass is 210 g/mol. The molecule has 2 aliphatic rings. The molecular formula is C12H18O3. The molecule has 0 aromatic heterocycles. The maximum atomic E-state index is 11.8. The van der Waals surface area contributed by atoms with E-state index in [9.17, 15) is 4.79 Å². The molecular weight excluding hydrogens is 192 g/mol. The largest absolute Gasteiger partial charge is 0.436 e. The molecule has 0 aromatic rings. The number of esters is 1. The molecule has 0 saturated heterocycles. The lowest BCUT2D eigenvalue weighted by Crippen LogP contribution is -2.27. The Hall–Kier alpha value is -0.830. The van der Waals surface area contributed by atoms with Gasteiger partial charge in [-0.15, -0.1) is 0 Å². The Balaban J connectivity index is 1.84. The second-order valence-corrected chi connectivity index (χ2v) is 4.33. The van der Waals surface area contributed by atoms with Gasteiger partial charge in [0.2, 0.25) is 0 Å². The minimum atomic E-state index is -0.407. The lowest BCUT2D eigenvalue weighted by Gasteiger charge is -2.20. The maximum absolute atomic E-state index is 11.8. The minimum absolute atomic E-state index is 0.0796. The van der Waals surface area contributed by atoms with Crippen LogP contribution in [0.3, 0.4) is 0 Å². The average Bonchev–Trinajstić information content (AvgIpc) is 2.78. The van der Waals surface area contributed by atoms with Gasteiger partial charge in [0.05, 0.1) is 5.92 Å². The van der Waals surface area contributed by atoms with Gasteiger partial charge >= 0.3 is 5.97 Å². The van der Waals surface area contributed by atoms with Crippen molar-refractivity contribution in [1.29, 1.82) is 0 Å². The van der Waals surface area contributed by atoms with Gasteiger partial charge in [0.15, 0.2) is 6.29 Å². The fourth-order valence-corrected chi connectivity index (χ4v) is 2.54. The van der Waals surface area contributed by atoms with Crippen LogP contribution in [0.15, 0.2) is 11.6 Å². The van der Waals surface area contributed by atoms with Gasteiger partial charge in [-0.25, -0.2) is 0 Å². The normalized spacial score (nSPS) is 30.1. The highest BCUT2D eigenvalue weighted by molar-refractivity contribution is 5.74. The van der Waals surface area contributed by atoms with E-state index in [1.165, 1.54) is 5.57 Å². The van der Waals surface area contributed by atoms with Crippen molar-refractivity contribution < 1.29 is 14.3 Å². The molecule has 1 saturated carbocycles. The van der Waals surface area contributed by atoms with Crippen LogP contribution in [0, 0.1) is 11.8 Å². The van der Waals surface area contributed by atoms with E-state index in [4.69, 9.17) is 9.47 Å². The Bertz CT molecular complexity index is 283. The standard InChI is InChI=1S/C12H18O3/c1-3-14-8(2)15-12(13)11-7-9-4-5-10(11)6-9/h4,8,10-11H,3,5-7H2,1-2H3. The molecule has 3 nitrogen and oxygen atoms in total. The summed E-state index contributed by atoms with van der Waals surface area (Å²) in [6, 6.07) is 0. The van der Waals surface area contributed by atoms with Crippen LogP contribution in [0.1, 0.15) is 33.1 Å². The number of carbonyl (C=O) groups is 1. The van der Waals surface area contributed by atoms with Crippen LogP contribution in [0.5, 0.6) is 0 Å². The number of carbonyl (C=O) groups excluding carboxylic acids is 1. The molecule has 3 heteroatoms. The lowest BCUT2D eigenvalue weighted by molar-refractivity contribution is -0.179. The third-order valence-electron chi connectivity index (χ3n) is 3.27. The van der Waals surface area contributed by atoms with E-state index < -0.39 is 6.29 Å². The van der Waals surface area contributed by atoms with Crippen molar-refractivity contribution in [1.82, 2.24) is 0 Å². The van der Waals surface area contributed by atoms with Crippen LogP contribution in [-0.4, -0.2) is 18.9 Å². The molecule has 0 amide bonds. The molecule has 84 valence electrons. The van der Waals surface area contributed by atoms with Gasteiger partial charge in [0, 0.05) is 6.61 Å². The van der Waals surface area contributed by atoms with Crippen LogP contribution in [-0.2, 0) is 14.3 Å². The number of hydrogen-bond acceptors (Lipinski definition) is 3. The summed E-state index contributed by atoms with van der Waals surface area (Å²) in [4.78, 5) is 11.8. The predicted molar refractivity (Wildman–Crippen MR) is 56.1 cm³/mol. The number of rotatable bonds is 4.